The molecule has 1 N–H and O–H groups in total. The quantitative estimate of drug-likeness (QED) is 0.310. The van der Waals surface area contributed by atoms with Crippen molar-refractivity contribution >= 4 is 44.3 Å². The molecular weight excluding hydrogens is 412 g/mol. The maximum absolute atomic E-state index is 13.1. The summed E-state index contributed by atoms with van der Waals surface area (Å²) < 4.78 is 5.04. The first-order valence-corrected chi connectivity index (χ1v) is 10.8. The molecule has 5 heteroatoms. The lowest BCUT2D eigenvalue weighted by Crippen LogP contribution is -2.43. The van der Waals surface area contributed by atoms with Crippen molar-refractivity contribution in [2.24, 2.45) is 0 Å². The largest absolute Gasteiger partial charge is 0.467 e. The van der Waals surface area contributed by atoms with Gasteiger partial charge in [0.1, 0.15) is 11.7 Å². The van der Waals surface area contributed by atoms with Gasteiger partial charge in [-0.3, -0.25) is 4.79 Å². The topological polar surface area (TPSA) is 68.3 Å². The normalized spacial score (nSPS) is 12.0. The van der Waals surface area contributed by atoms with Gasteiger partial charge >= 0.3 is 5.97 Å². The predicted molar refractivity (Wildman–Crippen MR) is 130 cm³/mol. The summed E-state index contributed by atoms with van der Waals surface area (Å²) in [5.41, 5.74) is 1.97. The summed E-state index contributed by atoms with van der Waals surface area (Å²) in [6.07, 6.45) is 0.299. The van der Waals surface area contributed by atoms with Crippen LogP contribution < -0.4 is 5.32 Å². The number of carbonyl (C=O) groups is 2. The first kappa shape index (κ1) is 20.6. The van der Waals surface area contributed by atoms with Crippen molar-refractivity contribution in [2.75, 3.05) is 7.11 Å². The Labute approximate surface area is 191 Å². The molecule has 1 amide bonds. The average Bonchev–Trinajstić information content (AvgIpc) is 2.87. The highest BCUT2D eigenvalue weighted by atomic mass is 16.5. The predicted octanol–water partition coefficient (Wildman–Crippen LogP) is 5.06. The Morgan fingerprint density at radius 3 is 2.09 bits per heavy atom. The van der Waals surface area contributed by atoms with E-state index in [4.69, 9.17) is 4.74 Å². The number of nitrogens with zero attached hydrogens (tertiary/aromatic N) is 1. The van der Waals surface area contributed by atoms with Crippen LogP contribution in [0.5, 0.6) is 0 Å². The summed E-state index contributed by atoms with van der Waals surface area (Å²) in [5.74, 6) is -0.915. The van der Waals surface area contributed by atoms with Gasteiger partial charge in [-0.1, -0.05) is 72.8 Å². The fourth-order valence-corrected chi connectivity index (χ4v) is 4.29. The number of esters is 1. The Balaban J connectivity index is 1.53. The van der Waals surface area contributed by atoms with Crippen LogP contribution in [0.1, 0.15) is 16.1 Å². The molecule has 0 unspecified atom stereocenters. The molecule has 5 nitrogen and oxygen atoms in total. The molecule has 1 aromatic heterocycles. The van der Waals surface area contributed by atoms with Gasteiger partial charge in [-0.25, -0.2) is 9.78 Å². The van der Waals surface area contributed by atoms with Gasteiger partial charge in [0, 0.05) is 11.8 Å². The van der Waals surface area contributed by atoms with Crippen LogP contribution in [0.25, 0.3) is 32.4 Å². The number of aromatic nitrogens is 1. The third-order valence-corrected chi connectivity index (χ3v) is 5.91. The van der Waals surface area contributed by atoms with Crippen molar-refractivity contribution in [1.82, 2.24) is 10.3 Å². The van der Waals surface area contributed by atoms with Crippen LogP contribution in [0.3, 0.4) is 0 Å². The van der Waals surface area contributed by atoms with E-state index >= 15 is 0 Å². The summed E-state index contributed by atoms with van der Waals surface area (Å²) in [6.45, 7) is 0. The number of hydrogen-bond acceptors (Lipinski definition) is 4. The molecule has 5 aromatic rings. The van der Waals surface area contributed by atoms with Crippen LogP contribution in [0, 0.1) is 0 Å². The fraction of sp³-hybridized carbons (Fsp3) is 0.107. The van der Waals surface area contributed by atoms with Gasteiger partial charge in [-0.15, -0.1) is 0 Å². The van der Waals surface area contributed by atoms with Crippen LogP contribution >= 0.6 is 0 Å². The van der Waals surface area contributed by atoms with Gasteiger partial charge in [-0.2, -0.15) is 0 Å². The maximum Gasteiger partial charge on any atom is 0.328 e. The zero-order chi connectivity index (χ0) is 22.8. The smallest absolute Gasteiger partial charge is 0.328 e. The highest BCUT2D eigenvalue weighted by Crippen LogP contribution is 2.29. The molecule has 0 fully saturated rings. The number of carbonyl (C=O) groups excluding carboxylic acids is 2. The molecule has 5 rings (SSSR count). The number of fused-ring (bicyclic) bond motifs is 3. The number of rotatable bonds is 5. The minimum Gasteiger partial charge on any atom is -0.467 e. The Morgan fingerprint density at radius 2 is 1.42 bits per heavy atom. The van der Waals surface area contributed by atoms with E-state index in [-0.39, 0.29) is 5.69 Å². The Morgan fingerprint density at radius 1 is 0.818 bits per heavy atom. The zero-order valence-corrected chi connectivity index (χ0v) is 18.1. The van der Waals surface area contributed by atoms with E-state index < -0.39 is 17.9 Å². The molecule has 0 bridgehead atoms. The SMILES string of the molecule is COC(=O)[C@@H](Cc1c2ccccc2cc2ccccc12)NC(=O)c1ccc2ccccc2n1. The minimum atomic E-state index is -0.856. The van der Waals surface area contributed by atoms with Gasteiger partial charge < -0.3 is 10.1 Å². The van der Waals surface area contributed by atoms with E-state index in [1.807, 2.05) is 66.7 Å². The Hall–Kier alpha value is -4.25. The second kappa shape index (κ2) is 8.71. The molecule has 0 aliphatic carbocycles. The average molecular weight is 434 g/mol. The first-order chi connectivity index (χ1) is 16.1. The van der Waals surface area contributed by atoms with Gasteiger partial charge in [-0.05, 0) is 45.3 Å². The molecule has 0 radical (unpaired) electrons. The van der Waals surface area contributed by atoms with Crippen molar-refractivity contribution in [3.05, 3.63) is 102 Å². The number of benzene rings is 4. The van der Waals surface area contributed by atoms with Crippen molar-refractivity contribution in [3.63, 3.8) is 0 Å². The van der Waals surface area contributed by atoms with E-state index in [1.54, 1.807) is 6.07 Å². The van der Waals surface area contributed by atoms with E-state index in [1.165, 1.54) is 7.11 Å². The third kappa shape index (κ3) is 4.01. The van der Waals surface area contributed by atoms with Crippen molar-refractivity contribution in [1.29, 1.82) is 0 Å². The number of nitrogens with one attached hydrogen (secondary N) is 1. The third-order valence-electron chi connectivity index (χ3n) is 5.91. The summed E-state index contributed by atoms with van der Waals surface area (Å²) in [6, 6.07) is 28.5. The highest BCUT2D eigenvalue weighted by Gasteiger charge is 2.25. The van der Waals surface area contributed by atoms with Crippen molar-refractivity contribution in [3.8, 4) is 0 Å². The highest BCUT2D eigenvalue weighted by molar-refractivity contribution is 6.03. The van der Waals surface area contributed by atoms with Gasteiger partial charge in [0.25, 0.3) is 5.91 Å². The van der Waals surface area contributed by atoms with Crippen LogP contribution in [-0.4, -0.2) is 30.0 Å². The monoisotopic (exact) mass is 434 g/mol. The summed E-state index contributed by atoms with van der Waals surface area (Å²) >= 11 is 0. The second-order valence-electron chi connectivity index (χ2n) is 7.94. The Bertz CT molecular complexity index is 1460. The number of para-hydroxylation sites is 1. The van der Waals surface area contributed by atoms with Crippen molar-refractivity contribution < 1.29 is 14.3 Å². The number of ether oxygens (including phenoxy) is 1. The summed E-state index contributed by atoms with van der Waals surface area (Å²) in [5, 5.41) is 8.05. The molecule has 0 spiro atoms. The molecule has 0 saturated carbocycles. The Kier molecular flexibility index (Phi) is 5.45. The van der Waals surface area contributed by atoms with Crippen LogP contribution in [0.15, 0.2) is 91.0 Å². The van der Waals surface area contributed by atoms with E-state index in [0.717, 1.165) is 38.0 Å². The number of hydrogen-bond donors (Lipinski definition) is 1. The summed E-state index contributed by atoms with van der Waals surface area (Å²) in [7, 11) is 1.33. The van der Waals surface area contributed by atoms with Gasteiger partial charge in [0.05, 0.1) is 12.6 Å². The molecule has 0 aliphatic heterocycles. The number of methoxy groups -OCH3 is 1. The standard InChI is InChI=1S/C28H22N2O3/c1-33-28(32)26(30-27(31)25-15-14-18-8-4-7-13-24(18)29-25)17-23-21-11-5-2-9-19(21)16-20-10-3-6-12-22(20)23/h2-16,26H,17H2,1H3,(H,30,31)/t26-/m1/s1. The molecule has 4 aromatic carbocycles. The lowest BCUT2D eigenvalue weighted by Gasteiger charge is -2.19. The van der Waals surface area contributed by atoms with Gasteiger partial charge in [0.15, 0.2) is 0 Å². The minimum absolute atomic E-state index is 0.255. The molecule has 0 aliphatic rings. The fourth-order valence-electron chi connectivity index (χ4n) is 4.29. The molecule has 33 heavy (non-hydrogen) atoms. The zero-order valence-electron chi connectivity index (χ0n) is 18.1. The maximum atomic E-state index is 13.1. The molecular formula is C28H22N2O3. The molecule has 1 heterocycles. The summed E-state index contributed by atoms with van der Waals surface area (Å²) in [4.78, 5) is 30.2. The van der Waals surface area contributed by atoms with E-state index in [0.29, 0.717) is 6.42 Å². The van der Waals surface area contributed by atoms with Gasteiger partial charge in [0.2, 0.25) is 0 Å². The second-order valence-corrected chi connectivity index (χ2v) is 7.94. The van der Waals surface area contributed by atoms with Crippen LogP contribution in [0.2, 0.25) is 0 Å². The number of amides is 1. The molecule has 162 valence electrons. The lowest BCUT2D eigenvalue weighted by atomic mass is 9.92. The van der Waals surface area contributed by atoms with Crippen molar-refractivity contribution in [2.45, 2.75) is 12.5 Å². The molecule has 0 saturated heterocycles. The van der Waals surface area contributed by atoms with E-state index in [2.05, 4.69) is 28.5 Å². The van der Waals surface area contributed by atoms with Crippen LogP contribution in [-0.2, 0) is 16.0 Å². The first-order valence-electron chi connectivity index (χ1n) is 10.8. The lowest BCUT2D eigenvalue weighted by molar-refractivity contribution is -0.142. The number of pyridine rings is 1. The van der Waals surface area contributed by atoms with E-state index in [9.17, 15) is 9.59 Å². The molecule has 1 atom stereocenters. The van der Waals surface area contributed by atoms with Crippen LogP contribution in [0.4, 0.5) is 0 Å².